The molecule has 130 valence electrons. The second-order valence-electron chi connectivity index (χ2n) is 6.53. The number of carbonyl (C=O) groups excluding carboxylic acids is 1. The fraction of sp³-hybridized carbons (Fsp3) is 0.556. The predicted octanol–water partition coefficient (Wildman–Crippen LogP) is 1.99. The van der Waals surface area contributed by atoms with Crippen LogP contribution in [0.15, 0.2) is 28.8 Å². The third kappa shape index (κ3) is 3.60. The third-order valence-corrected chi connectivity index (χ3v) is 4.98. The van der Waals surface area contributed by atoms with E-state index in [9.17, 15) is 4.79 Å². The Hall–Kier alpha value is -1.92. The lowest BCUT2D eigenvalue weighted by molar-refractivity contribution is -0.121. The molecular formula is C18H25N3O3. The zero-order valence-corrected chi connectivity index (χ0v) is 14.4. The smallest absolute Gasteiger partial charge is 0.226 e. The van der Waals surface area contributed by atoms with E-state index in [0.29, 0.717) is 17.8 Å². The van der Waals surface area contributed by atoms with Gasteiger partial charge in [0, 0.05) is 30.6 Å². The number of rotatable bonds is 6. The van der Waals surface area contributed by atoms with Crippen molar-refractivity contribution in [2.75, 3.05) is 32.8 Å². The van der Waals surface area contributed by atoms with E-state index in [1.54, 1.807) is 0 Å². The first-order chi connectivity index (χ1) is 11.6. The molecule has 2 aromatic rings. The SMILES string of the molecule is CCC(C)(CNC(=O)Cc1noc2ccccc12)N1CCOCC1. The summed E-state index contributed by atoms with van der Waals surface area (Å²) in [5.41, 5.74) is 1.35. The van der Waals surface area contributed by atoms with Crippen molar-refractivity contribution < 1.29 is 14.1 Å². The Morgan fingerprint density at radius 2 is 2.08 bits per heavy atom. The lowest BCUT2D eigenvalue weighted by atomic mass is 9.95. The summed E-state index contributed by atoms with van der Waals surface area (Å²) in [5.74, 6) is -0.0259. The minimum Gasteiger partial charge on any atom is -0.379 e. The first-order valence-corrected chi connectivity index (χ1v) is 8.55. The molecule has 0 bridgehead atoms. The number of hydrogen-bond acceptors (Lipinski definition) is 5. The quantitative estimate of drug-likeness (QED) is 0.877. The highest BCUT2D eigenvalue weighted by Crippen LogP contribution is 2.21. The third-order valence-electron chi connectivity index (χ3n) is 4.98. The van der Waals surface area contributed by atoms with E-state index >= 15 is 0 Å². The van der Waals surface area contributed by atoms with Crippen molar-refractivity contribution in [2.24, 2.45) is 0 Å². The van der Waals surface area contributed by atoms with Crippen LogP contribution in [-0.2, 0) is 16.0 Å². The molecule has 0 aliphatic carbocycles. The van der Waals surface area contributed by atoms with Crippen LogP contribution in [0.25, 0.3) is 11.0 Å². The van der Waals surface area contributed by atoms with Crippen molar-refractivity contribution in [1.29, 1.82) is 0 Å². The normalized spacial score (nSPS) is 18.4. The molecule has 6 nitrogen and oxygen atoms in total. The molecule has 1 aliphatic heterocycles. The van der Waals surface area contributed by atoms with Gasteiger partial charge in [-0.2, -0.15) is 0 Å². The molecule has 1 amide bonds. The molecule has 1 aromatic carbocycles. The number of amides is 1. The van der Waals surface area contributed by atoms with Crippen molar-refractivity contribution >= 4 is 16.9 Å². The summed E-state index contributed by atoms with van der Waals surface area (Å²) in [7, 11) is 0. The molecule has 2 heterocycles. The summed E-state index contributed by atoms with van der Waals surface area (Å²) in [6, 6.07) is 7.61. The van der Waals surface area contributed by atoms with Crippen LogP contribution in [0, 0.1) is 0 Å². The number of nitrogens with zero attached hydrogens (tertiary/aromatic N) is 2. The molecule has 1 aromatic heterocycles. The zero-order valence-electron chi connectivity index (χ0n) is 14.4. The standard InChI is InChI=1S/C18H25N3O3/c1-3-18(2,21-8-10-23-11-9-21)13-19-17(22)12-15-14-6-4-5-7-16(14)24-20-15/h4-7H,3,8-13H2,1-2H3,(H,19,22). The molecule has 1 fully saturated rings. The van der Waals surface area contributed by atoms with Gasteiger partial charge in [0.1, 0.15) is 5.69 Å². The van der Waals surface area contributed by atoms with E-state index in [1.165, 1.54) is 0 Å². The van der Waals surface area contributed by atoms with Gasteiger partial charge in [0.2, 0.25) is 5.91 Å². The van der Waals surface area contributed by atoms with Gasteiger partial charge in [0.25, 0.3) is 0 Å². The topological polar surface area (TPSA) is 67.6 Å². The van der Waals surface area contributed by atoms with Crippen molar-refractivity contribution in [3.8, 4) is 0 Å². The van der Waals surface area contributed by atoms with Crippen LogP contribution in [0.3, 0.4) is 0 Å². The largest absolute Gasteiger partial charge is 0.379 e. The molecule has 0 saturated carbocycles. The van der Waals surface area contributed by atoms with Crippen LogP contribution >= 0.6 is 0 Å². The Morgan fingerprint density at radius 1 is 1.33 bits per heavy atom. The van der Waals surface area contributed by atoms with E-state index in [2.05, 4.69) is 29.2 Å². The van der Waals surface area contributed by atoms with Gasteiger partial charge in [-0.3, -0.25) is 9.69 Å². The van der Waals surface area contributed by atoms with E-state index in [-0.39, 0.29) is 17.9 Å². The first-order valence-electron chi connectivity index (χ1n) is 8.55. The maximum Gasteiger partial charge on any atom is 0.226 e. The van der Waals surface area contributed by atoms with Crippen molar-refractivity contribution in [3.05, 3.63) is 30.0 Å². The van der Waals surface area contributed by atoms with E-state index in [0.717, 1.165) is 38.1 Å². The van der Waals surface area contributed by atoms with Crippen LogP contribution in [0.4, 0.5) is 0 Å². The molecule has 1 unspecified atom stereocenters. The number of nitrogens with one attached hydrogen (secondary N) is 1. The van der Waals surface area contributed by atoms with Gasteiger partial charge in [-0.05, 0) is 25.5 Å². The Balaban J connectivity index is 1.60. The molecule has 1 saturated heterocycles. The van der Waals surface area contributed by atoms with E-state index in [1.807, 2.05) is 24.3 Å². The molecule has 1 N–H and O–H groups in total. The van der Waals surface area contributed by atoms with Gasteiger partial charge in [0.15, 0.2) is 5.58 Å². The van der Waals surface area contributed by atoms with Crippen LogP contribution in [0.1, 0.15) is 26.0 Å². The monoisotopic (exact) mass is 331 g/mol. The summed E-state index contributed by atoms with van der Waals surface area (Å²) >= 11 is 0. The summed E-state index contributed by atoms with van der Waals surface area (Å²) in [6.07, 6.45) is 1.21. The first kappa shape index (κ1) is 16.9. The van der Waals surface area contributed by atoms with Crippen LogP contribution in [0.2, 0.25) is 0 Å². The van der Waals surface area contributed by atoms with Gasteiger partial charge in [-0.25, -0.2) is 0 Å². The second kappa shape index (κ2) is 7.32. The fourth-order valence-corrected chi connectivity index (χ4v) is 3.13. The minimum atomic E-state index is -0.0503. The van der Waals surface area contributed by atoms with Crippen LogP contribution in [-0.4, -0.2) is 54.4 Å². The van der Waals surface area contributed by atoms with E-state index < -0.39 is 0 Å². The minimum absolute atomic E-state index is 0.0259. The number of ether oxygens (including phenoxy) is 1. The van der Waals surface area contributed by atoms with Gasteiger partial charge in [-0.1, -0.05) is 24.2 Å². The highest BCUT2D eigenvalue weighted by molar-refractivity contribution is 5.86. The highest BCUT2D eigenvalue weighted by atomic mass is 16.5. The number of aromatic nitrogens is 1. The van der Waals surface area contributed by atoms with Crippen molar-refractivity contribution in [1.82, 2.24) is 15.4 Å². The molecule has 0 spiro atoms. The van der Waals surface area contributed by atoms with Crippen LogP contribution in [0.5, 0.6) is 0 Å². The molecular weight excluding hydrogens is 306 g/mol. The maximum absolute atomic E-state index is 12.4. The Bertz CT molecular complexity index is 694. The molecule has 3 rings (SSSR count). The molecule has 1 atom stereocenters. The summed E-state index contributed by atoms with van der Waals surface area (Å²) < 4.78 is 10.7. The number of para-hydroxylation sites is 1. The number of morpholine rings is 1. The number of hydrogen-bond donors (Lipinski definition) is 1. The highest BCUT2D eigenvalue weighted by Gasteiger charge is 2.31. The summed E-state index contributed by atoms with van der Waals surface area (Å²) in [5, 5.41) is 8.00. The second-order valence-corrected chi connectivity index (χ2v) is 6.53. The van der Waals surface area contributed by atoms with Gasteiger partial charge in [-0.15, -0.1) is 0 Å². The summed E-state index contributed by atoms with van der Waals surface area (Å²) in [4.78, 5) is 14.8. The zero-order chi connectivity index (χ0) is 17.0. The molecule has 1 aliphatic rings. The number of benzene rings is 1. The van der Waals surface area contributed by atoms with Crippen LogP contribution < -0.4 is 5.32 Å². The van der Waals surface area contributed by atoms with Crippen molar-refractivity contribution in [3.63, 3.8) is 0 Å². The molecule has 24 heavy (non-hydrogen) atoms. The van der Waals surface area contributed by atoms with Gasteiger partial charge < -0.3 is 14.6 Å². The average Bonchev–Trinajstić information content (AvgIpc) is 3.03. The Kier molecular flexibility index (Phi) is 5.16. The van der Waals surface area contributed by atoms with Gasteiger partial charge in [0.05, 0.1) is 19.6 Å². The lowest BCUT2D eigenvalue weighted by Gasteiger charge is -2.43. The Morgan fingerprint density at radius 3 is 2.83 bits per heavy atom. The number of carbonyl (C=O) groups is 1. The van der Waals surface area contributed by atoms with E-state index in [4.69, 9.17) is 9.26 Å². The fourth-order valence-electron chi connectivity index (χ4n) is 3.13. The number of fused-ring (bicyclic) bond motifs is 1. The molecule has 6 heteroatoms. The predicted molar refractivity (Wildman–Crippen MR) is 91.8 cm³/mol. The average molecular weight is 331 g/mol. The summed E-state index contributed by atoms with van der Waals surface area (Å²) in [6.45, 7) is 8.32. The van der Waals surface area contributed by atoms with Gasteiger partial charge >= 0.3 is 0 Å². The Labute approximate surface area is 142 Å². The lowest BCUT2D eigenvalue weighted by Crippen LogP contribution is -2.57. The molecule has 0 radical (unpaired) electrons. The maximum atomic E-state index is 12.4. The van der Waals surface area contributed by atoms with Crippen molar-refractivity contribution in [2.45, 2.75) is 32.2 Å².